The molecule has 0 amide bonds. The van der Waals surface area contributed by atoms with E-state index in [1.54, 1.807) is 0 Å². The number of nitrogens with two attached hydrogens (primary N) is 1. The number of hydrogen-bond donors (Lipinski definition) is 1. The Morgan fingerprint density at radius 2 is 1.68 bits per heavy atom. The van der Waals surface area contributed by atoms with Gasteiger partial charge in [0.15, 0.2) is 11.6 Å². The van der Waals surface area contributed by atoms with Crippen LogP contribution in [0.25, 0.3) is 5.70 Å². The smallest absolute Gasteiger partial charge is 0.159 e. The number of fused-ring (bicyclic) bond motifs is 1. The Morgan fingerprint density at radius 3 is 2.27 bits per heavy atom. The van der Waals surface area contributed by atoms with Crippen LogP contribution in [0.1, 0.15) is 64.0 Å². The van der Waals surface area contributed by atoms with Gasteiger partial charge >= 0.3 is 0 Å². The molecule has 120 valence electrons. The molecule has 0 heterocycles. The standard InChI is InChI=1S/C19H25F2N/c1-5-7-14-8-13(6-2)11(3)12(4)15-9-17(20)18(21)10-16(15)19(14)22/h8-12H,5-7,22H2,1-4H3/b13-8-,19-14-. The fourth-order valence-electron chi connectivity index (χ4n) is 3.27. The zero-order valence-corrected chi connectivity index (χ0v) is 13.8. The Labute approximate surface area is 131 Å². The first-order valence-corrected chi connectivity index (χ1v) is 8.09. The highest BCUT2D eigenvalue weighted by molar-refractivity contribution is 5.72. The van der Waals surface area contributed by atoms with E-state index in [0.717, 1.165) is 30.4 Å². The minimum atomic E-state index is -0.835. The predicted octanol–water partition coefficient (Wildman–Crippen LogP) is 5.52. The summed E-state index contributed by atoms with van der Waals surface area (Å²) in [5, 5.41) is 0. The molecule has 0 fully saturated rings. The maximum atomic E-state index is 13.7. The Morgan fingerprint density at radius 1 is 1.05 bits per heavy atom. The van der Waals surface area contributed by atoms with Gasteiger partial charge in [-0.05, 0) is 47.9 Å². The van der Waals surface area contributed by atoms with Gasteiger partial charge in [-0.15, -0.1) is 0 Å². The first-order valence-electron chi connectivity index (χ1n) is 8.09. The molecular formula is C19H25F2N. The van der Waals surface area contributed by atoms with Crippen LogP contribution >= 0.6 is 0 Å². The molecule has 2 rings (SSSR count). The maximum Gasteiger partial charge on any atom is 0.159 e. The third-order valence-corrected chi connectivity index (χ3v) is 4.84. The van der Waals surface area contributed by atoms with Crippen molar-refractivity contribution in [2.75, 3.05) is 0 Å². The lowest BCUT2D eigenvalue weighted by Gasteiger charge is -2.28. The molecule has 0 aliphatic heterocycles. The van der Waals surface area contributed by atoms with Gasteiger partial charge in [-0.2, -0.15) is 0 Å². The molecule has 1 aliphatic carbocycles. The van der Waals surface area contributed by atoms with Gasteiger partial charge in [-0.1, -0.05) is 45.8 Å². The normalized spacial score (nSPS) is 27.6. The van der Waals surface area contributed by atoms with Crippen molar-refractivity contribution in [1.82, 2.24) is 0 Å². The van der Waals surface area contributed by atoms with E-state index in [9.17, 15) is 8.78 Å². The van der Waals surface area contributed by atoms with Gasteiger partial charge in [0.1, 0.15) is 0 Å². The molecule has 2 N–H and O–H groups in total. The molecule has 0 aromatic heterocycles. The van der Waals surface area contributed by atoms with Crippen molar-refractivity contribution >= 4 is 5.70 Å². The first kappa shape index (κ1) is 16.7. The SMILES string of the molecule is CCCC1=C(/N)c2cc(F)c(F)cc2C(C)C(C)/C(CC)=C\1. The molecule has 0 saturated heterocycles. The zero-order chi connectivity index (χ0) is 16.4. The first-order chi connectivity index (χ1) is 10.4. The van der Waals surface area contributed by atoms with Crippen molar-refractivity contribution in [2.24, 2.45) is 11.7 Å². The number of halogens is 2. The minimum Gasteiger partial charge on any atom is -0.398 e. The summed E-state index contributed by atoms with van der Waals surface area (Å²) in [5.74, 6) is -1.27. The van der Waals surface area contributed by atoms with E-state index in [0.29, 0.717) is 11.3 Å². The van der Waals surface area contributed by atoms with Crippen LogP contribution in [0.3, 0.4) is 0 Å². The summed E-state index contributed by atoms with van der Waals surface area (Å²) in [6, 6.07) is 2.57. The van der Waals surface area contributed by atoms with Gasteiger partial charge in [0.05, 0.1) is 0 Å². The van der Waals surface area contributed by atoms with Crippen LogP contribution in [-0.4, -0.2) is 0 Å². The summed E-state index contributed by atoms with van der Waals surface area (Å²) in [5.41, 5.74) is 10.7. The lowest BCUT2D eigenvalue weighted by Crippen LogP contribution is -2.17. The van der Waals surface area contributed by atoms with E-state index in [2.05, 4.69) is 33.8 Å². The topological polar surface area (TPSA) is 26.0 Å². The van der Waals surface area contributed by atoms with Crippen molar-refractivity contribution in [3.63, 3.8) is 0 Å². The average molecular weight is 305 g/mol. The van der Waals surface area contributed by atoms with E-state index < -0.39 is 11.6 Å². The summed E-state index contributed by atoms with van der Waals surface area (Å²) in [6.45, 7) is 8.43. The molecule has 22 heavy (non-hydrogen) atoms. The lowest BCUT2D eigenvalue weighted by molar-refractivity contribution is 0.496. The van der Waals surface area contributed by atoms with Gasteiger partial charge in [0.2, 0.25) is 0 Å². The van der Waals surface area contributed by atoms with E-state index in [4.69, 9.17) is 5.73 Å². The van der Waals surface area contributed by atoms with Crippen molar-refractivity contribution < 1.29 is 8.78 Å². The van der Waals surface area contributed by atoms with Crippen molar-refractivity contribution in [1.29, 1.82) is 0 Å². The van der Waals surface area contributed by atoms with Crippen LogP contribution < -0.4 is 5.73 Å². The molecule has 0 bridgehead atoms. The number of benzene rings is 1. The Hall–Kier alpha value is -1.64. The Kier molecular flexibility index (Phi) is 5.05. The number of hydrogen-bond acceptors (Lipinski definition) is 1. The summed E-state index contributed by atoms with van der Waals surface area (Å²) in [7, 11) is 0. The maximum absolute atomic E-state index is 13.7. The molecule has 1 nitrogen and oxygen atoms in total. The monoisotopic (exact) mass is 305 g/mol. The van der Waals surface area contributed by atoms with Gasteiger partial charge in [0.25, 0.3) is 0 Å². The fourth-order valence-corrected chi connectivity index (χ4v) is 3.27. The largest absolute Gasteiger partial charge is 0.398 e. The minimum absolute atomic E-state index is 0.0954. The third-order valence-electron chi connectivity index (χ3n) is 4.84. The van der Waals surface area contributed by atoms with Gasteiger partial charge < -0.3 is 5.73 Å². The van der Waals surface area contributed by atoms with E-state index in [1.807, 2.05) is 0 Å². The predicted molar refractivity (Wildman–Crippen MR) is 88.3 cm³/mol. The zero-order valence-electron chi connectivity index (χ0n) is 13.8. The summed E-state index contributed by atoms with van der Waals surface area (Å²) in [4.78, 5) is 0. The highest BCUT2D eigenvalue weighted by Crippen LogP contribution is 2.39. The Bertz CT molecular complexity index is 629. The highest BCUT2D eigenvalue weighted by atomic mass is 19.2. The van der Waals surface area contributed by atoms with E-state index in [-0.39, 0.29) is 11.8 Å². The van der Waals surface area contributed by atoms with Crippen LogP contribution in [0.15, 0.2) is 29.4 Å². The van der Waals surface area contributed by atoms with Crippen LogP contribution in [0.5, 0.6) is 0 Å². The van der Waals surface area contributed by atoms with Crippen LogP contribution in [0.4, 0.5) is 8.78 Å². The number of rotatable bonds is 3. The molecule has 2 unspecified atom stereocenters. The molecule has 1 aromatic carbocycles. The van der Waals surface area contributed by atoms with Crippen LogP contribution in [0, 0.1) is 17.6 Å². The van der Waals surface area contributed by atoms with Crippen molar-refractivity contribution in [2.45, 2.75) is 52.9 Å². The molecule has 1 aliphatic rings. The van der Waals surface area contributed by atoms with Crippen LogP contribution in [0.2, 0.25) is 0 Å². The molecule has 3 heteroatoms. The van der Waals surface area contributed by atoms with E-state index >= 15 is 0 Å². The summed E-state index contributed by atoms with van der Waals surface area (Å²) in [6.07, 6.45) is 4.91. The quantitative estimate of drug-likeness (QED) is 0.781. The van der Waals surface area contributed by atoms with E-state index in [1.165, 1.54) is 17.7 Å². The highest BCUT2D eigenvalue weighted by Gasteiger charge is 2.25. The van der Waals surface area contributed by atoms with Crippen molar-refractivity contribution in [3.8, 4) is 0 Å². The number of allylic oxidation sites excluding steroid dienone is 3. The molecule has 0 spiro atoms. The molecule has 2 atom stereocenters. The second-order valence-corrected chi connectivity index (χ2v) is 6.19. The van der Waals surface area contributed by atoms with Gasteiger partial charge in [-0.3, -0.25) is 0 Å². The van der Waals surface area contributed by atoms with Gasteiger partial charge in [0, 0.05) is 11.3 Å². The second-order valence-electron chi connectivity index (χ2n) is 6.19. The summed E-state index contributed by atoms with van der Waals surface area (Å²) >= 11 is 0. The van der Waals surface area contributed by atoms with Crippen molar-refractivity contribution in [3.05, 3.63) is 52.1 Å². The van der Waals surface area contributed by atoms with Crippen LogP contribution in [-0.2, 0) is 0 Å². The molecular weight excluding hydrogens is 280 g/mol. The lowest BCUT2D eigenvalue weighted by atomic mass is 9.77. The van der Waals surface area contributed by atoms with Gasteiger partial charge in [-0.25, -0.2) is 8.78 Å². The fraction of sp³-hybridized carbons (Fsp3) is 0.474. The molecule has 0 radical (unpaired) electrons. The third kappa shape index (κ3) is 2.94. The second kappa shape index (κ2) is 6.64. The Balaban J connectivity index is 2.75. The molecule has 0 saturated carbocycles. The average Bonchev–Trinajstić information content (AvgIpc) is 2.50. The molecule has 1 aromatic rings. The summed E-state index contributed by atoms with van der Waals surface area (Å²) < 4.78 is 27.5.